The molecule has 0 fully saturated rings. The first-order valence-electron chi connectivity index (χ1n) is 6.58. The zero-order chi connectivity index (χ0) is 13.8. The maximum absolute atomic E-state index is 4.21. The molecule has 19 heavy (non-hydrogen) atoms. The molecule has 0 aliphatic rings. The highest BCUT2D eigenvalue weighted by Crippen LogP contribution is 2.30. The van der Waals surface area contributed by atoms with Crippen molar-refractivity contribution in [3.63, 3.8) is 0 Å². The minimum atomic E-state index is 0.299. The van der Waals surface area contributed by atoms with Crippen molar-refractivity contribution >= 4 is 22.7 Å². The second kappa shape index (κ2) is 6.06. The summed E-state index contributed by atoms with van der Waals surface area (Å²) in [5.74, 6) is 0. The van der Waals surface area contributed by atoms with Gasteiger partial charge in [-0.1, -0.05) is 6.92 Å². The third-order valence-electron chi connectivity index (χ3n) is 3.11. The third-order valence-corrected chi connectivity index (χ3v) is 4.52. The first-order chi connectivity index (χ1) is 9.11. The molecule has 2 aromatic rings. The molecule has 1 unspecified atom stereocenters. The summed E-state index contributed by atoms with van der Waals surface area (Å²) < 4.78 is 0. The molecule has 0 saturated heterocycles. The van der Waals surface area contributed by atoms with Gasteiger partial charge >= 0.3 is 0 Å². The predicted octanol–water partition coefficient (Wildman–Crippen LogP) is 3.94. The van der Waals surface area contributed by atoms with Crippen LogP contribution >= 0.6 is 11.3 Å². The molecule has 1 N–H and O–H groups in total. The van der Waals surface area contributed by atoms with Gasteiger partial charge in [-0.3, -0.25) is 4.98 Å². The van der Waals surface area contributed by atoms with Gasteiger partial charge < -0.3 is 10.2 Å². The topological polar surface area (TPSA) is 28.2 Å². The molecule has 0 radical (unpaired) electrons. The molecule has 0 spiro atoms. The minimum absolute atomic E-state index is 0.299. The van der Waals surface area contributed by atoms with E-state index in [0.717, 1.165) is 17.8 Å². The summed E-state index contributed by atoms with van der Waals surface area (Å²) in [7, 11) is 4.09. The average molecular weight is 275 g/mol. The molecule has 0 bridgehead atoms. The Kier molecular flexibility index (Phi) is 4.43. The number of rotatable bonds is 5. The van der Waals surface area contributed by atoms with Crippen molar-refractivity contribution in [3.05, 3.63) is 40.3 Å². The van der Waals surface area contributed by atoms with E-state index < -0.39 is 0 Å². The van der Waals surface area contributed by atoms with Crippen LogP contribution in [0.5, 0.6) is 0 Å². The molecule has 4 heteroatoms. The lowest BCUT2D eigenvalue weighted by atomic mass is 10.2. The zero-order valence-corrected chi connectivity index (χ0v) is 12.8. The van der Waals surface area contributed by atoms with Crippen molar-refractivity contribution in [2.24, 2.45) is 0 Å². The van der Waals surface area contributed by atoms with E-state index in [1.165, 1.54) is 9.75 Å². The van der Waals surface area contributed by atoms with E-state index in [4.69, 9.17) is 0 Å². The number of nitrogens with one attached hydrogen (secondary N) is 1. The molecular weight excluding hydrogens is 254 g/mol. The molecule has 2 heterocycles. The number of pyridine rings is 1. The van der Waals surface area contributed by atoms with Crippen molar-refractivity contribution in [1.82, 2.24) is 4.98 Å². The summed E-state index contributed by atoms with van der Waals surface area (Å²) >= 11 is 1.88. The first kappa shape index (κ1) is 13.9. The Balaban J connectivity index is 2.16. The smallest absolute Gasteiger partial charge is 0.0769 e. The molecule has 1 atom stereocenters. The monoisotopic (exact) mass is 275 g/mol. The third kappa shape index (κ3) is 3.26. The second-order valence-electron chi connectivity index (χ2n) is 4.81. The molecule has 102 valence electrons. The van der Waals surface area contributed by atoms with Gasteiger partial charge in [-0.25, -0.2) is 0 Å². The van der Waals surface area contributed by atoms with Gasteiger partial charge in [-0.15, -0.1) is 11.3 Å². The molecule has 0 amide bonds. The lowest BCUT2D eigenvalue weighted by Gasteiger charge is -2.20. The molecule has 0 aliphatic heterocycles. The van der Waals surface area contributed by atoms with Gasteiger partial charge in [0.2, 0.25) is 0 Å². The molecule has 2 aromatic heterocycles. The van der Waals surface area contributed by atoms with Crippen LogP contribution in [-0.4, -0.2) is 19.1 Å². The van der Waals surface area contributed by atoms with Crippen LogP contribution < -0.4 is 10.2 Å². The van der Waals surface area contributed by atoms with E-state index in [1.807, 2.05) is 43.9 Å². The number of nitrogens with zero attached hydrogens (tertiary/aromatic N) is 2. The van der Waals surface area contributed by atoms with Crippen LogP contribution in [0.15, 0.2) is 30.6 Å². The van der Waals surface area contributed by atoms with Crippen molar-refractivity contribution in [3.8, 4) is 0 Å². The lowest BCUT2D eigenvalue weighted by Crippen LogP contribution is -2.13. The normalized spacial score (nSPS) is 12.2. The van der Waals surface area contributed by atoms with Gasteiger partial charge in [0, 0.05) is 30.0 Å². The highest BCUT2D eigenvalue weighted by Gasteiger charge is 2.11. The fraction of sp³-hybridized carbons (Fsp3) is 0.400. The fourth-order valence-electron chi connectivity index (χ4n) is 2.01. The number of thiophene rings is 1. The summed E-state index contributed by atoms with van der Waals surface area (Å²) in [5.41, 5.74) is 2.24. The molecule has 3 nitrogen and oxygen atoms in total. The lowest BCUT2D eigenvalue weighted by molar-refractivity contribution is 0.903. The van der Waals surface area contributed by atoms with Crippen LogP contribution in [0.25, 0.3) is 0 Å². The Bertz CT molecular complexity index is 534. The number of aromatic nitrogens is 1. The Hall–Kier alpha value is -1.55. The Morgan fingerprint density at radius 1 is 1.32 bits per heavy atom. The van der Waals surface area contributed by atoms with Gasteiger partial charge in [0.1, 0.15) is 0 Å². The van der Waals surface area contributed by atoms with Gasteiger partial charge in [0.15, 0.2) is 0 Å². The van der Waals surface area contributed by atoms with E-state index in [2.05, 4.69) is 41.2 Å². The number of anilines is 2. The van der Waals surface area contributed by atoms with Crippen LogP contribution in [0.4, 0.5) is 11.4 Å². The summed E-state index contributed by atoms with van der Waals surface area (Å²) in [6.07, 6.45) is 4.82. The summed E-state index contributed by atoms with van der Waals surface area (Å²) in [6, 6.07) is 6.76. The summed E-state index contributed by atoms with van der Waals surface area (Å²) in [4.78, 5) is 9.11. The summed E-state index contributed by atoms with van der Waals surface area (Å²) in [6.45, 7) is 4.39. The van der Waals surface area contributed by atoms with Crippen LogP contribution in [0.1, 0.15) is 29.6 Å². The zero-order valence-electron chi connectivity index (χ0n) is 12.0. The molecular formula is C15H21N3S. The van der Waals surface area contributed by atoms with Crippen LogP contribution in [0.2, 0.25) is 0 Å². The first-order valence-corrected chi connectivity index (χ1v) is 7.40. The maximum Gasteiger partial charge on any atom is 0.0769 e. The van der Waals surface area contributed by atoms with E-state index >= 15 is 0 Å². The fourth-order valence-corrected chi connectivity index (χ4v) is 2.96. The molecule has 2 rings (SSSR count). The van der Waals surface area contributed by atoms with Crippen molar-refractivity contribution in [2.75, 3.05) is 24.3 Å². The van der Waals surface area contributed by atoms with E-state index in [0.29, 0.717) is 6.04 Å². The predicted molar refractivity (Wildman–Crippen MR) is 84.3 cm³/mol. The van der Waals surface area contributed by atoms with Gasteiger partial charge in [0.05, 0.1) is 23.6 Å². The van der Waals surface area contributed by atoms with Gasteiger partial charge in [0.25, 0.3) is 0 Å². The molecule has 0 aliphatic carbocycles. The van der Waals surface area contributed by atoms with E-state index in [9.17, 15) is 0 Å². The minimum Gasteiger partial charge on any atom is -0.376 e. The van der Waals surface area contributed by atoms with Crippen LogP contribution in [0.3, 0.4) is 0 Å². The number of aryl methyl sites for hydroxylation is 1. The van der Waals surface area contributed by atoms with Crippen LogP contribution in [-0.2, 0) is 6.42 Å². The quantitative estimate of drug-likeness (QED) is 0.895. The average Bonchev–Trinajstić information content (AvgIpc) is 2.88. The summed E-state index contributed by atoms with van der Waals surface area (Å²) in [5, 5.41) is 3.55. The number of hydrogen-bond acceptors (Lipinski definition) is 4. The van der Waals surface area contributed by atoms with Crippen molar-refractivity contribution in [1.29, 1.82) is 0 Å². The van der Waals surface area contributed by atoms with Crippen molar-refractivity contribution in [2.45, 2.75) is 26.3 Å². The molecule has 0 saturated carbocycles. The van der Waals surface area contributed by atoms with Gasteiger partial charge in [-0.05, 0) is 31.5 Å². The van der Waals surface area contributed by atoms with E-state index in [1.54, 1.807) is 0 Å². The Morgan fingerprint density at radius 3 is 2.74 bits per heavy atom. The number of hydrogen-bond donors (Lipinski definition) is 1. The van der Waals surface area contributed by atoms with Crippen LogP contribution in [0, 0.1) is 0 Å². The Labute approximate surface area is 119 Å². The van der Waals surface area contributed by atoms with Crippen molar-refractivity contribution < 1.29 is 0 Å². The standard InChI is InChI=1S/C15H21N3S/c1-5-12-6-7-15(19-12)11(2)17-13-10-16-9-8-14(13)18(3)4/h6-11,17H,5H2,1-4H3. The Morgan fingerprint density at radius 2 is 2.11 bits per heavy atom. The molecule has 0 aromatic carbocycles. The van der Waals surface area contributed by atoms with E-state index in [-0.39, 0.29) is 0 Å². The highest BCUT2D eigenvalue weighted by atomic mass is 32.1. The van der Waals surface area contributed by atoms with Gasteiger partial charge in [-0.2, -0.15) is 0 Å². The largest absolute Gasteiger partial charge is 0.376 e. The highest BCUT2D eigenvalue weighted by molar-refractivity contribution is 7.12. The maximum atomic E-state index is 4.21. The second-order valence-corrected chi connectivity index (χ2v) is 6.01. The SMILES string of the molecule is CCc1ccc(C(C)Nc2cnccc2N(C)C)s1.